The summed E-state index contributed by atoms with van der Waals surface area (Å²) in [5.74, 6) is -0.580. The third kappa shape index (κ3) is 5.58. The summed E-state index contributed by atoms with van der Waals surface area (Å²) >= 11 is 5.74. The Bertz CT molecular complexity index is 1050. The van der Waals surface area contributed by atoms with Crippen molar-refractivity contribution in [3.05, 3.63) is 88.7 Å². The number of ether oxygens (including phenoxy) is 1. The van der Waals surface area contributed by atoms with Crippen molar-refractivity contribution in [2.24, 2.45) is 0 Å². The molecule has 7 heteroatoms. The van der Waals surface area contributed by atoms with E-state index in [0.29, 0.717) is 34.9 Å². The van der Waals surface area contributed by atoms with Gasteiger partial charge < -0.3 is 15.4 Å². The van der Waals surface area contributed by atoms with Crippen molar-refractivity contribution < 1.29 is 18.7 Å². The first-order chi connectivity index (χ1) is 14.5. The molecule has 0 atom stereocenters. The number of halogens is 2. The molecule has 0 saturated heterocycles. The Morgan fingerprint density at radius 1 is 0.900 bits per heavy atom. The van der Waals surface area contributed by atoms with Gasteiger partial charge >= 0.3 is 0 Å². The lowest BCUT2D eigenvalue weighted by atomic mass is 10.1. The van der Waals surface area contributed by atoms with Crippen LogP contribution in [0.5, 0.6) is 5.75 Å². The van der Waals surface area contributed by atoms with E-state index in [1.54, 1.807) is 48.5 Å². The highest BCUT2D eigenvalue weighted by molar-refractivity contribution is 6.31. The van der Waals surface area contributed by atoms with E-state index in [0.717, 1.165) is 6.42 Å². The molecular formula is C23H20ClFN2O3. The van der Waals surface area contributed by atoms with Crippen LogP contribution in [0.1, 0.15) is 34.1 Å². The molecule has 3 aromatic carbocycles. The minimum Gasteiger partial charge on any atom is -0.494 e. The molecule has 3 aromatic rings. The Morgan fingerprint density at radius 3 is 2.23 bits per heavy atom. The van der Waals surface area contributed by atoms with E-state index in [1.807, 2.05) is 6.92 Å². The summed E-state index contributed by atoms with van der Waals surface area (Å²) in [7, 11) is 0. The van der Waals surface area contributed by atoms with Gasteiger partial charge in [0, 0.05) is 22.5 Å². The molecule has 3 rings (SSSR count). The van der Waals surface area contributed by atoms with Gasteiger partial charge in [-0.15, -0.1) is 0 Å². The number of anilines is 2. The van der Waals surface area contributed by atoms with Gasteiger partial charge in [-0.2, -0.15) is 0 Å². The van der Waals surface area contributed by atoms with Crippen LogP contribution >= 0.6 is 11.6 Å². The Balaban J connectivity index is 1.66. The van der Waals surface area contributed by atoms with Gasteiger partial charge in [0.2, 0.25) is 0 Å². The molecule has 2 N–H and O–H groups in total. The van der Waals surface area contributed by atoms with Crippen LogP contribution < -0.4 is 15.4 Å². The summed E-state index contributed by atoms with van der Waals surface area (Å²) in [6.07, 6.45) is 0.903. The summed E-state index contributed by atoms with van der Waals surface area (Å²) in [4.78, 5) is 24.9. The molecule has 0 aliphatic rings. The van der Waals surface area contributed by atoms with Crippen LogP contribution in [0.3, 0.4) is 0 Å². The number of benzene rings is 3. The molecule has 0 heterocycles. The minimum absolute atomic E-state index is 0.0834. The fourth-order valence-corrected chi connectivity index (χ4v) is 2.82. The first-order valence-electron chi connectivity index (χ1n) is 9.37. The number of hydrogen-bond donors (Lipinski definition) is 2. The minimum atomic E-state index is -0.565. The molecule has 0 saturated carbocycles. The first-order valence-corrected chi connectivity index (χ1v) is 9.74. The first kappa shape index (κ1) is 21.3. The van der Waals surface area contributed by atoms with Gasteiger partial charge in [-0.1, -0.05) is 24.6 Å². The van der Waals surface area contributed by atoms with E-state index in [9.17, 15) is 14.0 Å². The third-order valence-electron chi connectivity index (χ3n) is 4.15. The summed E-state index contributed by atoms with van der Waals surface area (Å²) < 4.78 is 18.8. The van der Waals surface area contributed by atoms with Crippen molar-refractivity contribution in [2.75, 3.05) is 17.2 Å². The summed E-state index contributed by atoms with van der Waals surface area (Å²) in [5, 5.41) is 5.33. The van der Waals surface area contributed by atoms with Crippen molar-refractivity contribution >= 4 is 34.8 Å². The molecule has 30 heavy (non-hydrogen) atoms. The molecule has 0 bridgehead atoms. The zero-order valence-electron chi connectivity index (χ0n) is 16.2. The van der Waals surface area contributed by atoms with E-state index in [2.05, 4.69) is 10.6 Å². The zero-order valence-corrected chi connectivity index (χ0v) is 17.0. The van der Waals surface area contributed by atoms with Crippen LogP contribution in [-0.2, 0) is 0 Å². The fourth-order valence-electron chi connectivity index (χ4n) is 2.64. The summed E-state index contributed by atoms with van der Waals surface area (Å²) in [6.45, 7) is 2.63. The number of carbonyl (C=O) groups is 2. The van der Waals surface area contributed by atoms with E-state index >= 15 is 0 Å². The predicted molar refractivity (Wildman–Crippen MR) is 116 cm³/mol. The van der Waals surface area contributed by atoms with E-state index in [4.69, 9.17) is 16.3 Å². The van der Waals surface area contributed by atoms with Crippen molar-refractivity contribution in [3.63, 3.8) is 0 Å². The van der Waals surface area contributed by atoms with E-state index in [1.165, 1.54) is 18.2 Å². The quantitative estimate of drug-likeness (QED) is 0.503. The molecule has 0 radical (unpaired) electrons. The van der Waals surface area contributed by atoms with Crippen molar-refractivity contribution in [1.29, 1.82) is 0 Å². The van der Waals surface area contributed by atoms with Gasteiger partial charge in [0.25, 0.3) is 11.8 Å². The highest BCUT2D eigenvalue weighted by atomic mass is 35.5. The molecule has 0 aliphatic carbocycles. The Morgan fingerprint density at radius 2 is 1.57 bits per heavy atom. The van der Waals surface area contributed by atoms with Gasteiger partial charge in [-0.3, -0.25) is 9.59 Å². The van der Waals surface area contributed by atoms with Crippen LogP contribution in [0, 0.1) is 5.82 Å². The van der Waals surface area contributed by atoms with E-state index in [-0.39, 0.29) is 10.9 Å². The van der Waals surface area contributed by atoms with Gasteiger partial charge in [-0.05, 0) is 67.1 Å². The molecule has 0 unspecified atom stereocenters. The molecule has 0 aliphatic heterocycles. The van der Waals surface area contributed by atoms with Gasteiger partial charge in [0.1, 0.15) is 11.6 Å². The van der Waals surface area contributed by atoms with Crippen LogP contribution in [0.4, 0.5) is 15.8 Å². The smallest absolute Gasteiger partial charge is 0.255 e. The maximum atomic E-state index is 13.3. The average molecular weight is 427 g/mol. The second kappa shape index (κ2) is 9.89. The Kier molecular flexibility index (Phi) is 7.03. The van der Waals surface area contributed by atoms with Crippen LogP contribution in [0.25, 0.3) is 0 Å². The van der Waals surface area contributed by atoms with Crippen LogP contribution in [0.2, 0.25) is 5.02 Å². The number of carbonyl (C=O) groups excluding carboxylic acids is 2. The second-order valence-corrected chi connectivity index (χ2v) is 6.90. The average Bonchev–Trinajstić information content (AvgIpc) is 2.75. The molecule has 0 aromatic heterocycles. The number of rotatable bonds is 7. The van der Waals surface area contributed by atoms with Crippen LogP contribution in [-0.4, -0.2) is 18.4 Å². The standard InChI is InChI=1S/C23H20ClFN2O3/c1-2-12-30-19-9-6-15(7-10-19)22(28)26-17-5-3-4-16(13-17)23(29)27-18-8-11-21(25)20(24)14-18/h3-11,13-14H,2,12H2,1H3,(H,26,28)(H,27,29). The van der Waals surface area contributed by atoms with Crippen molar-refractivity contribution in [2.45, 2.75) is 13.3 Å². The predicted octanol–water partition coefficient (Wildman–Crippen LogP) is 5.77. The normalized spacial score (nSPS) is 10.4. The lowest BCUT2D eigenvalue weighted by molar-refractivity contribution is 0.101. The van der Waals surface area contributed by atoms with Gasteiger partial charge in [-0.25, -0.2) is 4.39 Å². The largest absolute Gasteiger partial charge is 0.494 e. The maximum absolute atomic E-state index is 13.3. The zero-order chi connectivity index (χ0) is 21.5. The molecule has 0 fully saturated rings. The molecule has 2 amide bonds. The molecule has 5 nitrogen and oxygen atoms in total. The Hall–Kier alpha value is -3.38. The topological polar surface area (TPSA) is 67.4 Å². The van der Waals surface area contributed by atoms with Crippen molar-refractivity contribution in [3.8, 4) is 5.75 Å². The third-order valence-corrected chi connectivity index (χ3v) is 4.44. The van der Waals surface area contributed by atoms with Crippen molar-refractivity contribution in [1.82, 2.24) is 0 Å². The number of amides is 2. The lowest BCUT2D eigenvalue weighted by Gasteiger charge is -2.10. The summed E-state index contributed by atoms with van der Waals surface area (Å²) in [5.41, 5.74) is 1.63. The van der Waals surface area contributed by atoms with E-state index < -0.39 is 11.7 Å². The second-order valence-electron chi connectivity index (χ2n) is 6.49. The highest BCUT2D eigenvalue weighted by Gasteiger charge is 2.11. The monoisotopic (exact) mass is 426 g/mol. The molecular weight excluding hydrogens is 407 g/mol. The van der Waals surface area contributed by atoms with Gasteiger partial charge in [0.15, 0.2) is 0 Å². The SMILES string of the molecule is CCCOc1ccc(C(=O)Nc2cccc(C(=O)Nc3ccc(F)c(Cl)c3)c2)cc1. The number of nitrogens with one attached hydrogen (secondary N) is 2. The molecule has 154 valence electrons. The number of hydrogen-bond acceptors (Lipinski definition) is 3. The molecule has 0 spiro atoms. The highest BCUT2D eigenvalue weighted by Crippen LogP contribution is 2.21. The lowest BCUT2D eigenvalue weighted by Crippen LogP contribution is -2.14. The maximum Gasteiger partial charge on any atom is 0.255 e. The summed E-state index contributed by atoms with van der Waals surface area (Å²) in [6, 6.07) is 17.2. The fraction of sp³-hybridized carbons (Fsp3) is 0.130. The van der Waals surface area contributed by atoms with Crippen LogP contribution in [0.15, 0.2) is 66.7 Å². The van der Waals surface area contributed by atoms with Gasteiger partial charge in [0.05, 0.1) is 11.6 Å². The Labute approximate surface area is 178 Å².